The van der Waals surface area contributed by atoms with E-state index in [-0.39, 0.29) is 5.92 Å². The molecule has 2 N–H and O–H groups in total. The van der Waals surface area contributed by atoms with E-state index in [1.165, 1.54) is 0 Å². The number of aliphatic carboxylic acids is 1. The highest BCUT2D eigenvalue weighted by Gasteiger charge is 2.28. The third-order valence-electron chi connectivity index (χ3n) is 7.65. The molecule has 1 aliphatic rings. The van der Waals surface area contributed by atoms with Crippen LogP contribution in [0.2, 0.25) is 10.0 Å². The molecule has 1 aliphatic heterocycles. The molecular weight excluding hydrogens is 573 g/mol. The lowest BCUT2D eigenvalue weighted by atomic mass is 9.96. The lowest BCUT2D eigenvalue weighted by Crippen LogP contribution is -2.22. The smallest absolute Gasteiger partial charge is 0.307 e. The van der Waals surface area contributed by atoms with E-state index >= 15 is 0 Å². The number of rotatable bonds is 10. The van der Waals surface area contributed by atoms with Crippen molar-refractivity contribution < 1.29 is 19.4 Å². The molecule has 0 spiro atoms. The number of carbonyl (C=O) groups is 1. The summed E-state index contributed by atoms with van der Waals surface area (Å²) in [6.07, 6.45) is 2.38. The third-order valence-corrected chi connectivity index (χ3v) is 8.44. The second-order valence-corrected chi connectivity index (χ2v) is 11.1. The number of methoxy groups -OCH3 is 2. The fraction of sp³-hybridized carbons (Fsp3) is 0.273. The number of ether oxygens (including phenoxy) is 2. The second kappa shape index (κ2) is 13.1. The average molecular weight is 607 g/mol. The van der Waals surface area contributed by atoms with E-state index in [1.54, 1.807) is 20.4 Å². The van der Waals surface area contributed by atoms with Gasteiger partial charge in [0.15, 0.2) is 0 Å². The Balaban J connectivity index is 1.50. The van der Waals surface area contributed by atoms with Gasteiger partial charge in [0.05, 0.1) is 35.9 Å². The zero-order chi connectivity index (χ0) is 29.8. The molecule has 0 saturated carbocycles. The monoisotopic (exact) mass is 605 g/mol. The Morgan fingerprint density at radius 2 is 1.79 bits per heavy atom. The Hall–Kier alpha value is -3.62. The maximum absolute atomic E-state index is 11.4. The number of carboxylic acid groups (broad SMARTS) is 1. The van der Waals surface area contributed by atoms with E-state index in [0.29, 0.717) is 47.5 Å². The van der Waals surface area contributed by atoms with Crippen LogP contribution in [0.15, 0.2) is 66.9 Å². The summed E-state index contributed by atoms with van der Waals surface area (Å²) in [5, 5.41) is 13.6. The van der Waals surface area contributed by atoms with E-state index in [4.69, 9.17) is 32.7 Å². The number of hydrogen-bond donors (Lipinski definition) is 2. The molecule has 1 fully saturated rings. The highest BCUT2D eigenvalue weighted by molar-refractivity contribution is 6.39. The van der Waals surface area contributed by atoms with Crippen molar-refractivity contribution in [3.05, 3.63) is 88.0 Å². The lowest BCUT2D eigenvalue weighted by Gasteiger charge is -2.18. The Labute approximate surface area is 256 Å². The Morgan fingerprint density at radius 3 is 2.50 bits per heavy atom. The number of carboxylic acids is 1. The highest BCUT2D eigenvalue weighted by atomic mass is 35.5. The van der Waals surface area contributed by atoms with Gasteiger partial charge < -0.3 is 19.9 Å². The molecule has 2 heterocycles. The van der Waals surface area contributed by atoms with Gasteiger partial charge in [0.2, 0.25) is 0 Å². The van der Waals surface area contributed by atoms with Gasteiger partial charge in [-0.25, -0.2) is 0 Å². The average Bonchev–Trinajstić information content (AvgIpc) is 3.47. The number of benzene rings is 3. The first-order chi connectivity index (χ1) is 20.3. The zero-order valence-corrected chi connectivity index (χ0v) is 25.3. The molecule has 218 valence electrons. The maximum atomic E-state index is 11.4. The summed E-state index contributed by atoms with van der Waals surface area (Å²) in [5.74, 6) is 0.379. The van der Waals surface area contributed by atoms with Crippen molar-refractivity contribution in [1.82, 2.24) is 15.2 Å². The van der Waals surface area contributed by atoms with Gasteiger partial charge in [-0.1, -0.05) is 53.5 Å². The minimum absolute atomic E-state index is 0.337. The van der Waals surface area contributed by atoms with Crippen molar-refractivity contribution in [2.45, 2.75) is 19.5 Å². The van der Waals surface area contributed by atoms with Gasteiger partial charge in [-0.15, -0.1) is 0 Å². The van der Waals surface area contributed by atoms with E-state index in [0.717, 1.165) is 51.2 Å². The van der Waals surface area contributed by atoms with Crippen LogP contribution in [0, 0.1) is 5.92 Å². The fourth-order valence-electron chi connectivity index (χ4n) is 5.51. The summed E-state index contributed by atoms with van der Waals surface area (Å²) in [6.45, 7) is 2.56. The molecule has 9 heteroatoms. The Kier molecular flexibility index (Phi) is 9.34. The molecule has 0 bridgehead atoms. The molecule has 3 aromatic carbocycles. The fourth-order valence-corrected chi connectivity index (χ4v) is 6.17. The van der Waals surface area contributed by atoms with Crippen molar-refractivity contribution >= 4 is 29.2 Å². The normalized spacial score (nSPS) is 15.1. The van der Waals surface area contributed by atoms with Crippen molar-refractivity contribution in [1.29, 1.82) is 0 Å². The summed E-state index contributed by atoms with van der Waals surface area (Å²) in [5.41, 5.74) is 6.83. The van der Waals surface area contributed by atoms with Crippen LogP contribution >= 0.6 is 23.2 Å². The minimum Gasteiger partial charge on any atom is -0.497 e. The topological polar surface area (TPSA) is 83.9 Å². The highest BCUT2D eigenvalue weighted by Crippen LogP contribution is 2.43. The molecule has 5 rings (SSSR count). The SMILES string of the molecule is CNCc1ccc(-c2cccc(-c3ccnc(-c4cc(CN5CC[C@H](C(=O)O)C5)cc(OC)c4)c3Cl)c2Cl)cc1OC. The summed E-state index contributed by atoms with van der Waals surface area (Å²) < 4.78 is 11.2. The second-order valence-electron chi connectivity index (χ2n) is 10.4. The lowest BCUT2D eigenvalue weighted by molar-refractivity contribution is -0.141. The molecule has 0 unspecified atom stereocenters. The number of likely N-dealkylation sites (tertiary alicyclic amines) is 1. The first-order valence-corrected chi connectivity index (χ1v) is 14.5. The first-order valence-electron chi connectivity index (χ1n) is 13.7. The van der Waals surface area contributed by atoms with Gasteiger partial charge in [0.1, 0.15) is 11.5 Å². The minimum atomic E-state index is -0.746. The molecule has 42 heavy (non-hydrogen) atoms. The van der Waals surface area contributed by atoms with Crippen LogP contribution in [0.25, 0.3) is 33.5 Å². The molecule has 7 nitrogen and oxygen atoms in total. The van der Waals surface area contributed by atoms with Crippen molar-refractivity contribution in [3.8, 4) is 45.0 Å². The molecule has 4 aromatic rings. The molecule has 0 aliphatic carbocycles. The van der Waals surface area contributed by atoms with Crippen LogP contribution < -0.4 is 14.8 Å². The van der Waals surface area contributed by atoms with Gasteiger partial charge in [0, 0.05) is 53.6 Å². The predicted octanol–water partition coefficient (Wildman–Crippen LogP) is 7.03. The van der Waals surface area contributed by atoms with E-state index in [1.807, 2.05) is 67.7 Å². The standard InChI is InChI=1S/C33H33Cl2N3O4/c1-36-17-22-8-7-21(16-29(22)42-3)26-5-4-6-27(30(26)34)28-9-11-37-32(31(28)35)24-13-20(14-25(15-24)41-2)18-38-12-10-23(19-38)33(39)40/h4-9,11,13-16,23,36H,10,12,17-19H2,1-3H3,(H,39,40)/t23-/m0/s1. The number of halogens is 2. The number of nitrogens with zero attached hydrogens (tertiary/aromatic N) is 2. The van der Waals surface area contributed by atoms with Gasteiger partial charge in [0.25, 0.3) is 0 Å². The molecule has 0 radical (unpaired) electrons. The summed E-state index contributed by atoms with van der Waals surface area (Å²) >= 11 is 14.1. The van der Waals surface area contributed by atoms with E-state index in [9.17, 15) is 9.90 Å². The molecule has 1 atom stereocenters. The molecule has 1 saturated heterocycles. The van der Waals surface area contributed by atoms with Crippen LogP contribution in [0.3, 0.4) is 0 Å². The summed E-state index contributed by atoms with van der Waals surface area (Å²) in [6, 6.07) is 19.7. The predicted molar refractivity (Wildman–Crippen MR) is 167 cm³/mol. The van der Waals surface area contributed by atoms with Gasteiger partial charge in [-0.05, 0) is 61.5 Å². The third kappa shape index (κ3) is 6.25. The molecular formula is C33H33Cl2N3O4. The van der Waals surface area contributed by atoms with Gasteiger partial charge in [-0.3, -0.25) is 14.7 Å². The summed E-state index contributed by atoms with van der Waals surface area (Å²) in [7, 11) is 5.18. The van der Waals surface area contributed by atoms with Crippen LogP contribution in [0.4, 0.5) is 0 Å². The van der Waals surface area contributed by atoms with E-state index in [2.05, 4.69) is 15.2 Å². The van der Waals surface area contributed by atoms with Crippen molar-refractivity contribution in [3.63, 3.8) is 0 Å². The molecule has 1 aromatic heterocycles. The number of pyridine rings is 1. The molecule has 0 amide bonds. The Bertz CT molecular complexity index is 1610. The zero-order valence-electron chi connectivity index (χ0n) is 23.8. The maximum Gasteiger partial charge on any atom is 0.307 e. The quantitative estimate of drug-likeness (QED) is 0.201. The number of nitrogens with one attached hydrogen (secondary N) is 1. The van der Waals surface area contributed by atoms with Crippen molar-refractivity contribution in [2.75, 3.05) is 34.4 Å². The largest absolute Gasteiger partial charge is 0.497 e. The van der Waals surface area contributed by atoms with Gasteiger partial charge in [-0.2, -0.15) is 0 Å². The number of aromatic nitrogens is 1. The van der Waals surface area contributed by atoms with Crippen LogP contribution in [0.1, 0.15) is 17.5 Å². The first kappa shape index (κ1) is 29.9. The van der Waals surface area contributed by atoms with Crippen molar-refractivity contribution in [2.24, 2.45) is 5.92 Å². The van der Waals surface area contributed by atoms with Crippen LogP contribution in [-0.4, -0.2) is 55.3 Å². The van der Waals surface area contributed by atoms with E-state index < -0.39 is 5.97 Å². The van der Waals surface area contributed by atoms with Gasteiger partial charge >= 0.3 is 5.97 Å². The number of hydrogen-bond acceptors (Lipinski definition) is 6. The van der Waals surface area contributed by atoms with Crippen LogP contribution in [-0.2, 0) is 17.9 Å². The Morgan fingerprint density at radius 1 is 1.00 bits per heavy atom. The summed E-state index contributed by atoms with van der Waals surface area (Å²) in [4.78, 5) is 18.2. The van der Waals surface area contributed by atoms with Crippen LogP contribution in [0.5, 0.6) is 11.5 Å².